The summed E-state index contributed by atoms with van der Waals surface area (Å²) in [4.78, 5) is 23.1. The van der Waals surface area contributed by atoms with Crippen LogP contribution in [0.2, 0.25) is 0 Å². The van der Waals surface area contributed by atoms with Crippen LogP contribution in [0, 0.1) is 11.6 Å². The summed E-state index contributed by atoms with van der Waals surface area (Å²) in [7, 11) is 1.77. The van der Waals surface area contributed by atoms with Gasteiger partial charge in [-0.3, -0.25) is 9.48 Å². The smallest absolute Gasteiger partial charge is 0.225 e. The third-order valence-corrected chi connectivity index (χ3v) is 6.43. The number of benzene rings is 1. The molecule has 5 heterocycles. The number of β-lactam (4-membered cyclic amide) rings is 1. The van der Waals surface area contributed by atoms with Crippen molar-refractivity contribution in [2.24, 2.45) is 7.05 Å². The minimum absolute atomic E-state index is 0.0661. The number of amides is 1. The Balaban J connectivity index is 1.45. The highest BCUT2D eigenvalue weighted by Gasteiger charge is 2.47. The van der Waals surface area contributed by atoms with Crippen molar-refractivity contribution in [2.45, 2.75) is 31.3 Å². The monoisotopic (exact) mass is 431 g/mol. The maximum absolute atomic E-state index is 13.9. The van der Waals surface area contributed by atoms with Gasteiger partial charge in [0.05, 0.1) is 17.4 Å². The van der Waals surface area contributed by atoms with E-state index in [0.717, 1.165) is 28.3 Å². The van der Waals surface area contributed by atoms with Gasteiger partial charge in [-0.15, -0.1) is 0 Å². The van der Waals surface area contributed by atoms with Crippen LogP contribution in [-0.4, -0.2) is 36.6 Å². The highest BCUT2D eigenvalue weighted by atomic mass is 19.1. The third kappa shape index (κ3) is 2.90. The van der Waals surface area contributed by atoms with Gasteiger partial charge in [-0.05, 0) is 42.3 Å². The molecule has 8 heteroatoms. The molecule has 0 radical (unpaired) electrons. The molecule has 2 unspecified atom stereocenters. The molecule has 1 fully saturated rings. The van der Waals surface area contributed by atoms with E-state index in [1.165, 1.54) is 12.1 Å². The Morgan fingerprint density at radius 1 is 1.09 bits per heavy atom. The molecule has 1 aromatic carbocycles. The molecule has 2 aliphatic heterocycles. The molecule has 0 N–H and O–H groups in total. The molecule has 6 nitrogen and oxygen atoms in total. The Labute approximate surface area is 182 Å². The van der Waals surface area contributed by atoms with Gasteiger partial charge in [0.25, 0.3) is 0 Å². The lowest BCUT2D eigenvalue weighted by molar-refractivity contribution is -0.151. The van der Waals surface area contributed by atoms with E-state index in [-0.39, 0.29) is 18.0 Å². The predicted octanol–water partition coefficient (Wildman–Crippen LogP) is 3.75. The van der Waals surface area contributed by atoms with Crippen LogP contribution in [0.25, 0.3) is 22.3 Å². The molecular formula is C24H19F2N5O. The van der Waals surface area contributed by atoms with Crippen LogP contribution >= 0.6 is 0 Å². The van der Waals surface area contributed by atoms with Gasteiger partial charge in [0.2, 0.25) is 5.91 Å². The minimum atomic E-state index is -0.626. The Bertz CT molecular complexity index is 1380. The number of hydrogen-bond donors (Lipinski definition) is 0. The molecule has 0 spiro atoms. The Hall–Kier alpha value is -3.68. The van der Waals surface area contributed by atoms with Crippen LogP contribution in [-0.2, 0) is 24.7 Å². The lowest BCUT2D eigenvalue weighted by Gasteiger charge is -2.48. The summed E-state index contributed by atoms with van der Waals surface area (Å²) >= 11 is 0. The van der Waals surface area contributed by atoms with E-state index in [0.29, 0.717) is 36.2 Å². The fourth-order valence-corrected chi connectivity index (χ4v) is 5.11. The molecule has 1 amide bonds. The van der Waals surface area contributed by atoms with Crippen LogP contribution in [0.1, 0.15) is 29.3 Å². The fourth-order valence-electron chi connectivity index (χ4n) is 5.11. The van der Waals surface area contributed by atoms with Crippen LogP contribution in [0.3, 0.4) is 0 Å². The topological polar surface area (TPSA) is 63.9 Å². The maximum atomic E-state index is 13.9. The molecule has 1 saturated heterocycles. The molecule has 6 rings (SSSR count). The van der Waals surface area contributed by atoms with Crippen molar-refractivity contribution in [1.29, 1.82) is 0 Å². The molecule has 160 valence electrons. The summed E-state index contributed by atoms with van der Waals surface area (Å²) in [6, 6.07) is 9.19. The Kier molecular flexibility index (Phi) is 4.11. The SMILES string of the molecule is Cn1nc2c(c1-c1cc(F)cc(F)c1)CC1CC(=O)N1C2Cc1cnc2ncccc2c1. The number of rotatable bonds is 3. The zero-order chi connectivity index (χ0) is 22.0. The molecule has 32 heavy (non-hydrogen) atoms. The summed E-state index contributed by atoms with van der Waals surface area (Å²) in [5.74, 6) is -1.15. The van der Waals surface area contributed by atoms with E-state index in [1.807, 2.05) is 23.1 Å². The molecule has 2 aliphatic rings. The normalized spacial score (nSPS) is 19.6. The minimum Gasteiger partial charge on any atom is -0.330 e. The summed E-state index contributed by atoms with van der Waals surface area (Å²) in [6.45, 7) is 0. The number of hydrogen-bond acceptors (Lipinski definition) is 4. The van der Waals surface area contributed by atoms with E-state index in [2.05, 4.69) is 9.97 Å². The summed E-state index contributed by atoms with van der Waals surface area (Å²) < 4.78 is 29.6. The second kappa shape index (κ2) is 6.91. The van der Waals surface area contributed by atoms with Gasteiger partial charge < -0.3 is 4.90 Å². The van der Waals surface area contributed by atoms with Gasteiger partial charge >= 0.3 is 0 Å². The molecule has 0 saturated carbocycles. The largest absolute Gasteiger partial charge is 0.330 e. The summed E-state index contributed by atoms with van der Waals surface area (Å²) in [5, 5.41) is 5.66. The molecule has 4 aromatic rings. The average molecular weight is 431 g/mol. The molecule has 3 aromatic heterocycles. The van der Waals surface area contributed by atoms with Crippen molar-refractivity contribution in [3.05, 3.63) is 77.2 Å². The summed E-state index contributed by atoms with van der Waals surface area (Å²) in [6.07, 6.45) is 5.15. The number of carbonyl (C=O) groups is 1. The standard InChI is InChI=1S/C24H19F2N5O/c1-30-23(15-7-16(25)9-17(26)8-15)19-10-18-11-21(32)31(18)20(22(19)29-30)6-13-5-14-3-2-4-27-24(14)28-12-13/h2-5,7-9,12,18,20H,6,10-11H2,1H3. The van der Waals surface area contributed by atoms with Crippen LogP contribution in [0.15, 0.2) is 48.8 Å². The van der Waals surface area contributed by atoms with Gasteiger partial charge in [0.1, 0.15) is 11.6 Å². The van der Waals surface area contributed by atoms with Crippen molar-refractivity contribution >= 4 is 16.9 Å². The summed E-state index contributed by atoms with van der Waals surface area (Å²) in [5.41, 5.74) is 4.53. The van der Waals surface area contributed by atoms with Crippen molar-refractivity contribution in [3.8, 4) is 11.3 Å². The predicted molar refractivity (Wildman–Crippen MR) is 113 cm³/mol. The van der Waals surface area contributed by atoms with E-state index in [9.17, 15) is 13.6 Å². The van der Waals surface area contributed by atoms with Crippen LogP contribution in [0.5, 0.6) is 0 Å². The van der Waals surface area contributed by atoms with E-state index >= 15 is 0 Å². The average Bonchev–Trinajstić information content (AvgIpc) is 3.08. The molecule has 0 bridgehead atoms. The van der Waals surface area contributed by atoms with Crippen LogP contribution in [0.4, 0.5) is 8.78 Å². The number of pyridine rings is 2. The quantitative estimate of drug-likeness (QED) is 0.464. The maximum Gasteiger partial charge on any atom is 0.225 e. The van der Waals surface area contributed by atoms with E-state index < -0.39 is 11.6 Å². The first-order valence-electron chi connectivity index (χ1n) is 10.5. The number of aromatic nitrogens is 4. The highest BCUT2D eigenvalue weighted by Crippen LogP contribution is 2.44. The first-order valence-corrected chi connectivity index (χ1v) is 10.5. The third-order valence-electron chi connectivity index (χ3n) is 6.43. The van der Waals surface area contributed by atoms with Gasteiger partial charge in [-0.1, -0.05) is 0 Å². The molecular weight excluding hydrogens is 412 g/mol. The zero-order valence-corrected chi connectivity index (χ0v) is 17.3. The van der Waals surface area contributed by atoms with E-state index in [1.54, 1.807) is 24.1 Å². The lowest BCUT2D eigenvalue weighted by Crippen LogP contribution is -2.57. The molecule has 2 atom stereocenters. The van der Waals surface area contributed by atoms with Crippen LogP contribution < -0.4 is 0 Å². The van der Waals surface area contributed by atoms with Gasteiger partial charge in [-0.2, -0.15) is 5.10 Å². The van der Waals surface area contributed by atoms with Crippen molar-refractivity contribution in [3.63, 3.8) is 0 Å². The Morgan fingerprint density at radius 3 is 2.69 bits per heavy atom. The van der Waals surface area contributed by atoms with Crippen molar-refractivity contribution in [1.82, 2.24) is 24.6 Å². The first-order chi connectivity index (χ1) is 15.5. The highest BCUT2D eigenvalue weighted by molar-refractivity contribution is 5.85. The number of nitrogens with zero attached hydrogens (tertiary/aromatic N) is 5. The van der Waals surface area contributed by atoms with Crippen molar-refractivity contribution in [2.75, 3.05) is 0 Å². The second-order valence-corrected chi connectivity index (χ2v) is 8.47. The second-order valence-electron chi connectivity index (χ2n) is 8.47. The number of carbonyl (C=O) groups excluding carboxylic acids is 1. The number of fused-ring (bicyclic) bond motifs is 3. The van der Waals surface area contributed by atoms with E-state index in [4.69, 9.17) is 5.10 Å². The Morgan fingerprint density at radius 2 is 1.91 bits per heavy atom. The van der Waals surface area contributed by atoms with Gasteiger partial charge in [0.15, 0.2) is 5.65 Å². The fraction of sp³-hybridized carbons (Fsp3) is 0.250. The number of aryl methyl sites for hydroxylation is 1. The molecule has 0 aliphatic carbocycles. The first kappa shape index (κ1) is 19.0. The van der Waals surface area contributed by atoms with Gasteiger partial charge in [-0.25, -0.2) is 18.7 Å². The van der Waals surface area contributed by atoms with Gasteiger partial charge in [0, 0.05) is 60.9 Å². The zero-order valence-electron chi connectivity index (χ0n) is 17.3. The lowest BCUT2D eigenvalue weighted by atomic mass is 9.81. The van der Waals surface area contributed by atoms with Crippen molar-refractivity contribution < 1.29 is 13.6 Å². The number of halogens is 2.